The van der Waals surface area contributed by atoms with E-state index in [0.29, 0.717) is 0 Å². The molecule has 3 amide bonds. The second-order valence-electron chi connectivity index (χ2n) is 5.61. The lowest BCUT2D eigenvalue weighted by molar-refractivity contribution is -0.157. The third-order valence-electron chi connectivity index (χ3n) is 3.42. The number of carbonyl (C=O) groups excluding carboxylic acids is 3. The predicted octanol–water partition coefficient (Wildman–Crippen LogP) is -0.731. The van der Waals surface area contributed by atoms with Gasteiger partial charge in [0, 0.05) is 0 Å². The van der Waals surface area contributed by atoms with Gasteiger partial charge in [0.05, 0.1) is 0 Å². The zero-order valence-corrected chi connectivity index (χ0v) is 12.0. The van der Waals surface area contributed by atoms with E-state index in [0.717, 1.165) is 4.90 Å². The lowest BCUT2D eigenvalue weighted by Gasteiger charge is -2.42. The normalized spacial score (nSPS) is 20.9. The van der Waals surface area contributed by atoms with Gasteiger partial charge < -0.3 is 15.8 Å². The molecule has 0 radical (unpaired) electrons. The number of rotatable bonds is 3. The van der Waals surface area contributed by atoms with Gasteiger partial charge >= 0.3 is 0 Å². The van der Waals surface area contributed by atoms with Crippen LogP contribution < -0.4 is 11.1 Å². The van der Waals surface area contributed by atoms with Crippen LogP contribution in [0.2, 0.25) is 0 Å². The molecule has 0 saturated carbocycles. The zero-order chi connectivity index (χ0) is 15.7. The molecule has 1 heterocycles. The molecule has 1 atom stereocenters. The van der Waals surface area contributed by atoms with Gasteiger partial charge in [-0.3, -0.25) is 19.7 Å². The van der Waals surface area contributed by atoms with Crippen LogP contribution in [-0.4, -0.2) is 45.7 Å². The quantitative estimate of drug-likeness (QED) is 0.207. The molecule has 0 aromatic carbocycles. The smallest absolute Gasteiger partial charge is 0.252 e. The average molecular weight is 284 g/mol. The molecular formula is C12H20N4O4. The molecule has 4 N–H and O–H groups in total. The summed E-state index contributed by atoms with van der Waals surface area (Å²) >= 11 is 0. The maximum absolute atomic E-state index is 12.6. The van der Waals surface area contributed by atoms with Gasteiger partial charge in [-0.15, -0.1) is 0 Å². The molecule has 8 heteroatoms. The van der Waals surface area contributed by atoms with Crippen LogP contribution in [0, 0.1) is 11.8 Å². The van der Waals surface area contributed by atoms with Crippen molar-refractivity contribution in [2.45, 2.75) is 33.2 Å². The number of amidine groups is 1. The summed E-state index contributed by atoms with van der Waals surface area (Å²) in [6, 6.07) is 0. The van der Waals surface area contributed by atoms with E-state index in [9.17, 15) is 14.4 Å². The molecule has 1 rings (SSSR count). The van der Waals surface area contributed by atoms with Crippen molar-refractivity contribution < 1.29 is 19.6 Å². The number of amides is 3. The summed E-state index contributed by atoms with van der Waals surface area (Å²) in [6.45, 7) is 6.31. The summed E-state index contributed by atoms with van der Waals surface area (Å²) in [4.78, 5) is 37.0. The summed E-state index contributed by atoms with van der Waals surface area (Å²) in [5, 5.41) is 13.8. The fourth-order valence-corrected chi connectivity index (χ4v) is 2.12. The average Bonchev–Trinajstić information content (AvgIpc) is 2.33. The molecule has 1 aliphatic rings. The lowest BCUT2D eigenvalue weighted by atomic mass is 9.89. The van der Waals surface area contributed by atoms with Gasteiger partial charge in [-0.1, -0.05) is 19.0 Å². The minimum Gasteiger partial charge on any atom is -0.409 e. The molecule has 0 spiro atoms. The molecule has 0 aliphatic carbocycles. The van der Waals surface area contributed by atoms with E-state index >= 15 is 0 Å². The Labute approximate surface area is 117 Å². The molecule has 0 aromatic heterocycles. The predicted molar refractivity (Wildman–Crippen MR) is 70.7 cm³/mol. The highest BCUT2D eigenvalue weighted by atomic mass is 16.4. The van der Waals surface area contributed by atoms with Crippen molar-refractivity contribution >= 4 is 23.6 Å². The first kappa shape index (κ1) is 15.9. The third kappa shape index (κ3) is 2.73. The summed E-state index contributed by atoms with van der Waals surface area (Å²) in [5.41, 5.74) is 4.38. The van der Waals surface area contributed by atoms with Crippen LogP contribution in [0.25, 0.3) is 0 Å². The van der Waals surface area contributed by atoms with E-state index in [2.05, 4.69) is 10.5 Å². The number of nitrogens with one attached hydrogen (secondary N) is 1. The second kappa shape index (κ2) is 5.48. The molecule has 1 fully saturated rings. The number of nitrogens with two attached hydrogens (primary N) is 1. The van der Waals surface area contributed by atoms with Crippen molar-refractivity contribution in [1.82, 2.24) is 10.2 Å². The van der Waals surface area contributed by atoms with Gasteiger partial charge in [0.2, 0.25) is 11.8 Å². The first-order valence-corrected chi connectivity index (χ1v) is 6.26. The van der Waals surface area contributed by atoms with Gasteiger partial charge in [-0.05, 0) is 19.8 Å². The minimum atomic E-state index is -1.17. The SMILES string of the molecule is CC(C)C(C(=O)N1CC(=O)NC(=O)C1(C)C)C(N)=NO. The Bertz CT molecular complexity index is 470. The van der Waals surface area contributed by atoms with E-state index in [1.165, 1.54) is 13.8 Å². The van der Waals surface area contributed by atoms with Crippen LogP contribution in [0.4, 0.5) is 0 Å². The fourth-order valence-electron chi connectivity index (χ4n) is 2.12. The van der Waals surface area contributed by atoms with Crippen molar-refractivity contribution in [3.05, 3.63) is 0 Å². The Hall–Kier alpha value is -2.12. The molecule has 8 nitrogen and oxygen atoms in total. The molecule has 0 aromatic rings. The van der Waals surface area contributed by atoms with E-state index in [-0.39, 0.29) is 18.3 Å². The summed E-state index contributed by atoms with van der Waals surface area (Å²) < 4.78 is 0. The summed E-state index contributed by atoms with van der Waals surface area (Å²) in [7, 11) is 0. The number of imide groups is 1. The molecule has 1 aliphatic heterocycles. The molecular weight excluding hydrogens is 264 g/mol. The van der Waals surface area contributed by atoms with Gasteiger partial charge in [0.1, 0.15) is 18.0 Å². The topological polar surface area (TPSA) is 125 Å². The molecule has 1 unspecified atom stereocenters. The van der Waals surface area contributed by atoms with Crippen LogP contribution in [-0.2, 0) is 14.4 Å². The van der Waals surface area contributed by atoms with Crippen LogP contribution in [0.15, 0.2) is 5.16 Å². The van der Waals surface area contributed by atoms with Crippen molar-refractivity contribution in [1.29, 1.82) is 0 Å². The maximum atomic E-state index is 12.6. The Morgan fingerprint density at radius 3 is 2.45 bits per heavy atom. The highest BCUT2D eigenvalue weighted by Crippen LogP contribution is 2.24. The first-order chi connectivity index (χ1) is 9.12. The van der Waals surface area contributed by atoms with Gasteiger partial charge in [-0.2, -0.15) is 0 Å². The largest absolute Gasteiger partial charge is 0.409 e. The van der Waals surface area contributed by atoms with Crippen LogP contribution in [0.5, 0.6) is 0 Å². The third-order valence-corrected chi connectivity index (χ3v) is 3.42. The Kier molecular flexibility index (Phi) is 4.36. The Balaban J connectivity index is 3.16. The molecule has 20 heavy (non-hydrogen) atoms. The highest BCUT2D eigenvalue weighted by molar-refractivity contribution is 6.10. The second-order valence-corrected chi connectivity index (χ2v) is 5.61. The van der Waals surface area contributed by atoms with Crippen LogP contribution in [0.1, 0.15) is 27.7 Å². The van der Waals surface area contributed by atoms with Crippen molar-refractivity contribution in [3.8, 4) is 0 Å². The number of hydrogen-bond acceptors (Lipinski definition) is 5. The Morgan fingerprint density at radius 2 is 2.00 bits per heavy atom. The van der Waals surface area contributed by atoms with Gasteiger partial charge in [0.15, 0.2) is 5.84 Å². The minimum absolute atomic E-state index is 0.237. The van der Waals surface area contributed by atoms with E-state index in [4.69, 9.17) is 10.9 Å². The number of oxime groups is 1. The van der Waals surface area contributed by atoms with Gasteiger partial charge in [-0.25, -0.2) is 0 Å². The standard InChI is InChI=1S/C12H20N4O4/c1-6(2)8(9(13)15-20)10(18)16-5-7(17)14-11(19)12(16,3)4/h6,8,20H,5H2,1-4H3,(H2,13,15)(H,14,17,19). The number of hydrogen-bond donors (Lipinski definition) is 3. The maximum Gasteiger partial charge on any atom is 0.252 e. The van der Waals surface area contributed by atoms with Crippen molar-refractivity contribution in [2.75, 3.05) is 6.54 Å². The zero-order valence-electron chi connectivity index (χ0n) is 12.0. The van der Waals surface area contributed by atoms with E-state index in [1.54, 1.807) is 13.8 Å². The van der Waals surface area contributed by atoms with Crippen LogP contribution in [0.3, 0.4) is 0 Å². The molecule has 0 bridgehead atoms. The Morgan fingerprint density at radius 1 is 1.45 bits per heavy atom. The van der Waals surface area contributed by atoms with E-state index < -0.39 is 29.2 Å². The number of nitrogens with zero attached hydrogens (tertiary/aromatic N) is 2. The van der Waals surface area contributed by atoms with Crippen molar-refractivity contribution in [2.24, 2.45) is 22.7 Å². The summed E-state index contributed by atoms with van der Waals surface area (Å²) in [5.74, 6) is -2.98. The number of carbonyl (C=O) groups is 3. The van der Waals surface area contributed by atoms with Crippen molar-refractivity contribution in [3.63, 3.8) is 0 Å². The monoisotopic (exact) mass is 284 g/mol. The summed E-state index contributed by atoms with van der Waals surface area (Å²) in [6.07, 6.45) is 0. The fraction of sp³-hybridized carbons (Fsp3) is 0.667. The highest BCUT2D eigenvalue weighted by Gasteiger charge is 2.46. The first-order valence-electron chi connectivity index (χ1n) is 6.26. The van der Waals surface area contributed by atoms with E-state index in [1.807, 2.05) is 0 Å². The number of piperazine rings is 1. The lowest BCUT2D eigenvalue weighted by Crippen LogP contribution is -2.67. The van der Waals surface area contributed by atoms with Gasteiger partial charge in [0.25, 0.3) is 5.91 Å². The molecule has 112 valence electrons. The molecule has 1 saturated heterocycles. The van der Waals surface area contributed by atoms with Crippen LogP contribution >= 0.6 is 0 Å².